The van der Waals surface area contributed by atoms with Crippen molar-refractivity contribution in [1.29, 1.82) is 0 Å². The summed E-state index contributed by atoms with van der Waals surface area (Å²) in [5.41, 5.74) is -1.02. The van der Waals surface area contributed by atoms with E-state index in [1.807, 2.05) is 55.4 Å². The van der Waals surface area contributed by atoms with Gasteiger partial charge >= 0.3 is 20.0 Å². The molecular formula is C33H53B2NO10Si. The van der Waals surface area contributed by atoms with Crippen molar-refractivity contribution in [2.24, 2.45) is 0 Å². The van der Waals surface area contributed by atoms with E-state index in [0.717, 1.165) is 0 Å². The van der Waals surface area contributed by atoms with Crippen LogP contribution < -0.4 is 0 Å². The molecule has 1 aromatic rings. The number of Topliss-reactive ketones (excluding diaryl/α,β-unsaturated/α-hetero) is 1. The lowest BCUT2D eigenvalue weighted by Crippen LogP contribution is -2.44. The van der Waals surface area contributed by atoms with E-state index in [1.54, 1.807) is 12.1 Å². The van der Waals surface area contributed by atoms with Gasteiger partial charge in [0.2, 0.25) is 0 Å². The molecule has 0 saturated carbocycles. The molecule has 1 atom stereocenters. The molecule has 2 saturated heterocycles. The third-order valence-electron chi connectivity index (χ3n) is 10.2. The predicted octanol–water partition coefficient (Wildman–Crippen LogP) is 6.14. The van der Waals surface area contributed by atoms with E-state index in [4.69, 9.17) is 27.9 Å². The second kappa shape index (κ2) is 13.5. The molecule has 0 aliphatic carbocycles. The average molecular weight is 673 g/mol. The zero-order valence-corrected chi connectivity index (χ0v) is 31.7. The van der Waals surface area contributed by atoms with E-state index in [1.165, 1.54) is 19.1 Å². The molecule has 0 aromatic heterocycles. The van der Waals surface area contributed by atoms with Crippen molar-refractivity contribution in [1.82, 2.24) is 5.06 Å². The fourth-order valence-electron chi connectivity index (χ4n) is 4.79. The van der Waals surface area contributed by atoms with Gasteiger partial charge in [0.25, 0.3) is 11.8 Å². The first-order valence-electron chi connectivity index (χ1n) is 16.3. The van der Waals surface area contributed by atoms with Crippen LogP contribution in [0, 0.1) is 0 Å². The summed E-state index contributed by atoms with van der Waals surface area (Å²) in [5.74, 6) is -2.05. The van der Waals surface area contributed by atoms with E-state index >= 15 is 0 Å². The summed E-state index contributed by atoms with van der Waals surface area (Å²) < 4.78 is 30.1. The highest BCUT2D eigenvalue weighted by Crippen LogP contribution is 2.43. The summed E-state index contributed by atoms with van der Waals surface area (Å²) in [6, 6.07) is 6.30. The molecule has 3 aliphatic heterocycles. The van der Waals surface area contributed by atoms with Crippen LogP contribution in [0.1, 0.15) is 123 Å². The molecule has 47 heavy (non-hydrogen) atoms. The van der Waals surface area contributed by atoms with Gasteiger partial charge in [-0.15, -0.1) is 0 Å². The van der Waals surface area contributed by atoms with Gasteiger partial charge in [0.05, 0.1) is 46.1 Å². The molecule has 3 heterocycles. The molecule has 11 nitrogen and oxygen atoms in total. The second-order valence-corrected chi connectivity index (χ2v) is 20.9. The monoisotopic (exact) mass is 673 g/mol. The lowest BCUT2D eigenvalue weighted by atomic mass is 9.49. The molecule has 0 radical (unpaired) electrons. The molecule has 1 unspecified atom stereocenters. The Labute approximate surface area is 282 Å². The Balaban J connectivity index is 0.000000284. The highest BCUT2D eigenvalue weighted by atomic mass is 28.4. The highest BCUT2D eigenvalue weighted by molar-refractivity contribution is 7.11. The van der Waals surface area contributed by atoms with Crippen LogP contribution in [0.4, 0.5) is 0 Å². The van der Waals surface area contributed by atoms with Gasteiger partial charge in [0.15, 0.2) is 8.32 Å². The van der Waals surface area contributed by atoms with Crippen molar-refractivity contribution in [3.63, 3.8) is 0 Å². The van der Waals surface area contributed by atoms with Crippen LogP contribution in [-0.4, -0.2) is 79.5 Å². The number of carbonyl (C=O) groups excluding carboxylic acids is 4. The standard InChI is InChI=1S/C21H29NO6Si.C12H24B2O4/c1-14(23)13-15(28-29(5,6)21(2,3)4)11-12-18(24)27-22-19(25)16-9-7-8-10-17(16)20(22)26;1-9(2)10(3,4)16-13(15-9)14-17-11(5,6)12(7,8)18-14/h7-10,15H,11-13H2,1-6H3;1-8H3. The summed E-state index contributed by atoms with van der Waals surface area (Å²) in [6.07, 6.45) is -0.0101. The van der Waals surface area contributed by atoms with Gasteiger partial charge in [-0.2, -0.15) is 0 Å². The second-order valence-electron chi connectivity index (χ2n) is 16.1. The maximum absolute atomic E-state index is 12.3. The minimum Gasteiger partial charge on any atom is -0.413 e. The maximum atomic E-state index is 12.3. The third-order valence-corrected chi connectivity index (χ3v) is 14.7. The number of imide groups is 1. The maximum Gasteiger partial charge on any atom is 0.488 e. The smallest absolute Gasteiger partial charge is 0.413 e. The number of hydrogen-bond donors (Lipinski definition) is 0. The van der Waals surface area contributed by atoms with Gasteiger partial charge < -0.3 is 27.9 Å². The van der Waals surface area contributed by atoms with Crippen molar-refractivity contribution < 1.29 is 47.1 Å². The largest absolute Gasteiger partial charge is 0.488 e. The van der Waals surface area contributed by atoms with Gasteiger partial charge in [-0.25, -0.2) is 4.79 Å². The Morgan fingerprint density at radius 2 is 1.19 bits per heavy atom. The van der Waals surface area contributed by atoms with Crippen LogP contribution in [0.2, 0.25) is 18.1 Å². The van der Waals surface area contributed by atoms with E-state index in [9.17, 15) is 19.2 Å². The van der Waals surface area contributed by atoms with Gasteiger partial charge in [-0.3, -0.25) is 14.4 Å². The topological polar surface area (TPSA) is 127 Å². The minimum atomic E-state index is -2.13. The number of ketones is 1. The highest BCUT2D eigenvalue weighted by Gasteiger charge is 2.63. The van der Waals surface area contributed by atoms with Crippen LogP contribution in [0.25, 0.3) is 0 Å². The Bertz CT molecular complexity index is 1270. The number of carbonyl (C=O) groups is 4. The molecule has 1 aromatic carbocycles. The Hall–Kier alpha value is -2.35. The van der Waals surface area contributed by atoms with Crippen molar-refractivity contribution in [3.8, 4) is 0 Å². The lowest BCUT2D eigenvalue weighted by Gasteiger charge is -2.39. The van der Waals surface area contributed by atoms with Crippen molar-refractivity contribution >= 4 is 45.9 Å². The normalized spacial score (nSPS) is 21.7. The van der Waals surface area contributed by atoms with Gasteiger partial charge in [0.1, 0.15) is 5.78 Å². The molecule has 4 rings (SSSR count). The molecular weight excluding hydrogens is 620 g/mol. The summed E-state index contributed by atoms with van der Waals surface area (Å²) in [7, 11) is -3.08. The Morgan fingerprint density at radius 3 is 1.53 bits per heavy atom. The summed E-state index contributed by atoms with van der Waals surface area (Å²) in [4.78, 5) is 53.6. The number of rotatable bonds is 9. The fourth-order valence-corrected chi connectivity index (χ4v) is 6.18. The van der Waals surface area contributed by atoms with E-state index < -0.39 is 46.2 Å². The lowest BCUT2D eigenvalue weighted by molar-refractivity contribution is -0.169. The first-order valence-corrected chi connectivity index (χ1v) is 19.2. The van der Waals surface area contributed by atoms with Crippen molar-refractivity contribution in [2.75, 3.05) is 0 Å². The number of benzene rings is 1. The predicted molar refractivity (Wildman–Crippen MR) is 182 cm³/mol. The van der Waals surface area contributed by atoms with Crippen LogP contribution in [0.5, 0.6) is 0 Å². The van der Waals surface area contributed by atoms with Gasteiger partial charge in [-0.05, 0) is 99.0 Å². The van der Waals surface area contributed by atoms with E-state index in [2.05, 4.69) is 33.9 Å². The molecule has 2 amide bonds. The number of amides is 2. The molecule has 14 heteroatoms. The molecule has 0 bridgehead atoms. The fraction of sp³-hybridized carbons (Fsp3) is 0.697. The van der Waals surface area contributed by atoms with Crippen LogP contribution in [0.15, 0.2) is 24.3 Å². The number of hydroxylamine groups is 2. The minimum absolute atomic E-state index is 0.0255. The van der Waals surface area contributed by atoms with Crippen LogP contribution >= 0.6 is 0 Å². The van der Waals surface area contributed by atoms with Crippen LogP contribution in [-0.2, 0) is 37.5 Å². The molecule has 3 aliphatic rings. The van der Waals surface area contributed by atoms with E-state index in [-0.39, 0.29) is 63.6 Å². The van der Waals surface area contributed by atoms with Crippen molar-refractivity contribution in [3.05, 3.63) is 35.4 Å². The SMILES string of the molecule is CC(=O)CC(CCC(=O)ON1C(=O)c2ccccc2C1=O)O[Si](C)(C)C(C)(C)C.CC1(C)OB(B2OC(C)(C)C(C)(C)O2)OC1(C)C. The number of nitrogens with zero attached hydrogens (tertiary/aromatic N) is 1. The average Bonchev–Trinajstić information content (AvgIpc) is 3.38. The Morgan fingerprint density at radius 1 is 0.809 bits per heavy atom. The van der Waals surface area contributed by atoms with Gasteiger partial charge in [-0.1, -0.05) is 38.0 Å². The zero-order chi connectivity index (χ0) is 36.0. The Kier molecular flexibility index (Phi) is 11.2. The molecule has 0 spiro atoms. The quantitative estimate of drug-likeness (QED) is 0.223. The summed E-state index contributed by atoms with van der Waals surface area (Å²) >= 11 is 0. The molecule has 0 N–H and O–H groups in total. The zero-order valence-electron chi connectivity index (χ0n) is 30.7. The van der Waals surface area contributed by atoms with Crippen LogP contribution in [0.3, 0.4) is 0 Å². The van der Waals surface area contributed by atoms with Gasteiger partial charge in [0, 0.05) is 6.42 Å². The summed E-state index contributed by atoms with van der Waals surface area (Å²) in [6.45, 7) is 28.1. The molecule has 260 valence electrons. The first kappa shape index (κ1) is 39.1. The number of hydrogen-bond acceptors (Lipinski definition) is 10. The molecule has 2 fully saturated rings. The summed E-state index contributed by atoms with van der Waals surface area (Å²) in [5, 5.41) is 0.463. The van der Waals surface area contributed by atoms with E-state index in [0.29, 0.717) is 5.06 Å². The first-order chi connectivity index (χ1) is 21.2. The van der Waals surface area contributed by atoms with Crippen molar-refractivity contribution in [2.45, 2.75) is 149 Å². The number of fused-ring (bicyclic) bond motifs is 1. The third kappa shape index (κ3) is 8.63.